The van der Waals surface area contributed by atoms with Gasteiger partial charge in [0.1, 0.15) is 18.0 Å². The highest BCUT2D eigenvalue weighted by Crippen LogP contribution is 2.22. The van der Waals surface area contributed by atoms with E-state index in [2.05, 4.69) is 10.3 Å². The largest absolute Gasteiger partial charge is 0.457 e. The van der Waals surface area contributed by atoms with Crippen LogP contribution in [0, 0.1) is 0 Å². The highest BCUT2D eigenvalue weighted by molar-refractivity contribution is 5.90. The first kappa shape index (κ1) is 16.5. The van der Waals surface area contributed by atoms with Gasteiger partial charge < -0.3 is 14.6 Å². The smallest absolute Gasteiger partial charge is 0.258 e. The summed E-state index contributed by atoms with van der Waals surface area (Å²) in [5.41, 5.74) is 0.594. The molecule has 0 aliphatic heterocycles. The molecule has 0 bridgehead atoms. The van der Waals surface area contributed by atoms with Gasteiger partial charge in [-0.05, 0) is 36.4 Å². The fourth-order valence-corrected chi connectivity index (χ4v) is 2.20. The number of amides is 1. The summed E-state index contributed by atoms with van der Waals surface area (Å²) in [6.07, 6.45) is 2.82. The number of hydrogen-bond donors (Lipinski definition) is 3. The summed E-state index contributed by atoms with van der Waals surface area (Å²) in [5, 5.41) is 20.6. The standard InChI is InChI=1S/C17H16N4O4/c22-16(12-20-11-10-18-17(20)21(23)24)19-13-6-8-15(9-7-13)25-14-4-2-1-3-5-14/h1-11,23-24H,12H2,(H,19,22). The molecule has 0 aliphatic carbocycles. The lowest BCUT2D eigenvalue weighted by atomic mass is 10.3. The lowest BCUT2D eigenvalue weighted by Crippen LogP contribution is -2.23. The molecule has 2 aromatic carbocycles. The maximum atomic E-state index is 12.1. The minimum absolute atomic E-state index is 0.116. The van der Waals surface area contributed by atoms with E-state index in [9.17, 15) is 4.79 Å². The van der Waals surface area contributed by atoms with Crippen molar-refractivity contribution in [1.82, 2.24) is 9.55 Å². The highest BCUT2D eigenvalue weighted by Gasteiger charge is 2.11. The Kier molecular flexibility index (Phi) is 4.93. The van der Waals surface area contributed by atoms with E-state index in [1.807, 2.05) is 30.3 Å². The maximum absolute atomic E-state index is 12.1. The van der Waals surface area contributed by atoms with Gasteiger partial charge >= 0.3 is 0 Å². The van der Waals surface area contributed by atoms with Crippen LogP contribution < -0.4 is 15.3 Å². The van der Waals surface area contributed by atoms with Crippen LogP contribution in [0.4, 0.5) is 11.6 Å². The zero-order valence-corrected chi connectivity index (χ0v) is 13.1. The van der Waals surface area contributed by atoms with E-state index >= 15 is 0 Å². The van der Waals surface area contributed by atoms with Crippen LogP contribution >= 0.6 is 0 Å². The Hall–Kier alpha value is -3.36. The number of imidazole rings is 1. The van der Waals surface area contributed by atoms with Gasteiger partial charge in [-0.25, -0.2) is 4.98 Å². The van der Waals surface area contributed by atoms with Crippen LogP contribution in [-0.4, -0.2) is 25.9 Å². The molecule has 0 spiro atoms. The average Bonchev–Trinajstić information content (AvgIpc) is 3.06. The lowest BCUT2D eigenvalue weighted by Gasteiger charge is -2.11. The molecule has 0 saturated heterocycles. The summed E-state index contributed by atoms with van der Waals surface area (Å²) < 4.78 is 6.97. The first-order valence-electron chi connectivity index (χ1n) is 7.43. The van der Waals surface area contributed by atoms with Gasteiger partial charge in [-0.3, -0.25) is 15.2 Å². The lowest BCUT2D eigenvalue weighted by molar-refractivity contribution is -0.116. The Labute approximate surface area is 143 Å². The fraction of sp³-hybridized carbons (Fsp3) is 0.0588. The van der Waals surface area contributed by atoms with Crippen molar-refractivity contribution in [2.24, 2.45) is 0 Å². The van der Waals surface area contributed by atoms with E-state index in [0.29, 0.717) is 11.4 Å². The molecule has 128 valence electrons. The molecule has 1 aromatic heterocycles. The van der Waals surface area contributed by atoms with E-state index < -0.39 is 0 Å². The molecule has 0 atom stereocenters. The Morgan fingerprint density at radius 1 is 1.08 bits per heavy atom. The molecule has 3 rings (SSSR count). The summed E-state index contributed by atoms with van der Waals surface area (Å²) >= 11 is 0. The van der Waals surface area contributed by atoms with E-state index in [1.54, 1.807) is 24.3 Å². The monoisotopic (exact) mass is 340 g/mol. The zero-order chi connectivity index (χ0) is 17.6. The first-order valence-corrected chi connectivity index (χ1v) is 7.43. The van der Waals surface area contributed by atoms with Crippen molar-refractivity contribution in [1.29, 1.82) is 0 Å². The zero-order valence-electron chi connectivity index (χ0n) is 13.1. The molecule has 0 radical (unpaired) electrons. The molecule has 0 fully saturated rings. The minimum Gasteiger partial charge on any atom is -0.457 e. The van der Waals surface area contributed by atoms with Crippen LogP contribution in [0.15, 0.2) is 67.0 Å². The third-order valence-electron chi connectivity index (χ3n) is 3.30. The number of ether oxygens (including phenoxy) is 1. The van der Waals surface area contributed by atoms with E-state index in [4.69, 9.17) is 15.2 Å². The Bertz CT molecular complexity index is 831. The molecule has 0 saturated carbocycles. The Balaban J connectivity index is 1.59. The van der Waals surface area contributed by atoms with E-state index in [-0.39, 0.29) is 23.6 Å². The van der Waals surface area contributed by atoms with Gasteiger partial charge in [0, 0.05) is 18.1 Å². The summed E-state index contributed by atoms with van der Waals surface area (Å²) in [6, 6.07) is 16.3. The number of para-hydroxylation sites is 1. The number of anilines is 2. The SMILES string of the molecule is O=C(Cn1ccnc1N(O)O)Nc1ccc(Oc2ccccc2)cc1. The molecule has 3 aromatic rings. The molecule has 8 nitrogen and oxygen atoms in total. The third kappa shape index (κ3) is 4.34. The number of nitrogens with one attached hydrogen (secondary N) is 1. The molecule has 8 heteroatoms. The third-order valence-corrected chi connectivity index (χ3v) is 3.30. The molecule has 0 aliphatic rings. The maximum Gasteiger partial charge on any atom is 0.258 e. The molecule has 1 amide bonds. The van der Waals surface area contributed by atoms with Crippen LogP contribution in [0.5, 0.6) is 11.5 Å². The number of carbonyl (C=O) groups is 1. The van der Waals surface area contributed by atoms with Gasteiger partial charge in [0.15, 0.2) is 0 Å². The molecule has 25 heavy (non-hydrogen) atoms. The van der Waals surface area contributed by atoms with E-state index in [0.717, 1.165) is 5.75 Å². The molecular formula is C17H16N4O4. The molecular weight excluding hydrogens is 324 g/mol. The summed E-state index contributed by atoms with van der Waals surface area (Å²) in [6.45, 7) is -0.116. The van der Waals surface area contributed by atoms with Crippen molar-refractivity contribution in [3.8, 4) is 11.5 Å². The predicted molar refractivity (Wildman–Crippen MR) is 89.9 cm³/mol. The van der Waals surface area contributed by atoms with Gasteiger partial charge in [0.2, 0.25) is 5.91 Å². The van der Waals surface area contributed by atoms with Gasteiger partial charge in [-0.1, -0.05) is 23.4 Å². The summed E-state index contributed by atoms with van der Waals surface area (Å²) in [7, 11) is 0. The Morgan fingerprint density at radius 2 is 1.76 bits per heavy atom. The van der Waals surface area contributed by atoms with Gasteiger partial charge in [-0.2, -0.15) is 0 Å². The van der Waals surface area contributed by atoms with Crippen LogP contribution in [0.1, 0.15) is 0 Å². The summed E-state index contributed by atoms with van der Waals surface area (Å²) in [4.78, 5) is 15.8. The molecule has 1 heterocycles. The second-order valence-electron chi connectivity index (χ2n) is 5.13. The number of nitrogens with zero attached hydrogens (tertiary/aromatic N) is 3. The average molecular weight is 340 g/mol. The molecule has 3 N–H and O–H groups in total. The number of carbonyl (C=O) groups excluding carboxylic acids is 1. The van der Waals surface area contributed by atoms with Gasteiger partial charge in [0.05, 0.1) is 0 Å². The second kappa shape index (κ2) is 7.47. The van der Waals surface area contributed by atoms with Gasteiger partial charge in [-0.15, -0.1) is 0 Å². The number of aromatic nitrogens is 2. The highest BCUT2D eigenvalue weighted by atomic mass is 16.8. The second-order valence-corrected chi connectivity index (χ2v) is 5.13. The first-order chi connectivity index (χ1) is 12.1. The minimum atomic E-state index is -0.335. The number of hydrogen-bond acceptors (Lipinski definition) is 6. The van der Waals surface area contributed by atoms with E-state index in [1.165, 1.54) is 17.0 Å². The molecule has 0 unspecified atom stereocenters. The fourth-order valence-electron chi connectivity index (χ4n) is 2.20. The van der Waals surface area contributed by atoms with Crippen molar-refractivity contribution in [3.63, 3.8) is 0 Å². The van der Waals surface area contributed by atoms with Crippen molar-refractivity contribution in [2.75, 3.05) is 10.5 Å². The Morgan fingerprint density at radius 3 is 2.44 bits per heavy atom. The van der Waals surface area contributed by atoms with Crippen molar-refractivity contribution in [2.45, 2.75) is 6.54 Å². The van der Waals surface area contributed by atoms with Crippen LogP contribution in [-0.2, 0) is 11.3 Å². The van der Waals surface area contributed by atoms with Crippen molar-refractivity contribution >= 4 is 17.5 Å². The van der Waals surface area contributed by atoms with Crippen LogP contribution in [0.25, 0.3) is 0 Å². The van der Waals surface area contributed by atoms with Crippen molar-refractivity contribution < 1.29 is 19.9 Å². The van der Waals surface area contributed by atoms with Gasteiger partial charge in [0.25, 0.3) is 5.95 Å². The summed E-state index contributed by atoms with van der Waals surface area (Å²) in [5.74, 6) is 0.890. The van der Waals surface area contributed by atoms with Crippen LogP contribution in [0.2, 0.25) is 0 Å². The quantitative estimate of drug-likeness (QED) is 0.597. The number of benzene rings is 2. The van der Waals surface area contributed by atoms with Crippen LogP contribution in [0.3, 0.4) is 0 Å². The topological polar surface area (TPSA) is 99.9 Å². The normalized spacial score (nSPS) is 10.3. The number of rotatable bonds is 6. The predicted octanol–water partition coefficient (Wildman–Crippen LogP) is 2.90. The van der Waals surface area contributed by atoms with Crippen molar-refractivity contribution in [3.05, 3.63) is 67.0 Å².